The van der Waals surface area contributed by atoms with E-state index in [1.165, 1.54) is 32.1 Å². The number of hydrogen-bond donors (Lipinski definition) is 1. The molecule has 2 aliphatic heterocycles. The number of benzene rings is 1. The van der Waals surface area contributed by atoms with Gasteiger partial charge < -0.3 is 14.8 Å². The standard InChI is InChI=1S/C23H28N4O4/c28-12-16-7-4-8-17(9-16)23(29)24-19-13-30-22-20(14-31-21(19)22)27-11-18(25-26-27)10-15-5-2-1-3-6-15/h4,7-9,11-12,15,19-22H,1-3,5-6,10,13-14H2,(H,24,29)/t19-,20-,21+,22+/m0/s1. The predicted molar refractivity (Wildman–Crippen MR) is 112 cm³/mol. The Hall–Kier alpha value is -2.58. The molecule has 31 heavy (non-hydrogen) atoms. The molecule has 1 aromatic heterocycles. The first-order valence-corrected chi connectivity index (χ1v) is 11.2. The Morgan fingerprint density at radius 2 is 2.00 bits per heavy atom. The highest BCUT2D eigenvalue weighted by molar-refractivity contribution is 5.96. The van der Waals surface area contributed by atoms with Gasteiger partial charge in [-0.25, -0.2) is 4.68 Å². The molecule has 0 unspecified atom stereocenters. The minimum atomic E-state index is -0.243. The van der Waals surface area contributed by atoms with E-state index >= 15 is 0 Å². The molecule has 1 aliphatic carbocycles. The summed E-state index contributed by atoms with van der Waals surface area (Å²) in [6.45, 7) is 0.864. The summed E-state index contributed by atoms with van der Waals surface area (Å²) in [5.41, 5.74) is 1.96. The lowest BCUT2D eigenvalue weighted by Crippen LogP contribution is -2.44. The van der Waals surface area contributed by atoms with Gasteiger partial charge in [0, 0.05) is 17.3 Å². The van der Waals surface area contributed by atoms with Crippen LogP contribution in [0.15, 0.2) is 30.5 Å². The molecular formula is C23H28N4O4. The van der Waals surface area contributed by atoms with Crippen molar-refractivity contribution >= 4 is 12.2 Å². The number of nitrogens with one attached hydrogen (secondary N) is 1. The molecule has 0 spiro atoms. The Kier molecular flexibility index (Phi) is 5.82. The van der Waals surface area contributed by atoms with Gasteiger partial charge in [0.05, 0.1) is 24.9 Å². The number of ether oxygens (including phenoxy) is 2. The first kappa shape index (κ1) is 20.3. The molecule has 1 amide bonds. The maximum absolute atomic E-state index is 12.6. The van der Waals surface area contributed by atoms with Gasteiger partial charge in [-0.15, -0.1) is 5.10 Å². The number of amides is 1. The van der Waals surface area contributed by atoms with E-state index in [9.17, 15) is 9.59 Å². The summed E-state index contributed by atoms with van der Waals surface area (Å²) in [6.07, 6.45) is 9.91. The van der Waals surface area contributed by atoms with Gasteiger partial charge in [-0.05, 0) is 24.5 Å². The SMILES string of the molecule is O=Cc1cccc(C(=O)N[C@H]2CO[C@H]3[C@@H]2OC[C@@H]3n2cc(CC3CCCCC3)nn2)c1. The van der Waals surface area contributed by atoms with E-state index in [1.807, 2.05) is 10.9 Å². The lowest BCUT2D eigenvalue weighted by molar-refractivity contribution is 0.0613. The highest BCUT2D eigenvalue weighted by atomic mass is 16.6. The number of fused-ring (bicyclic) bond motifs is 1. The van der Waals surface area contributed by atoms with Crippen LogP contribution in [0.3, 0.4) is 0 Å². The highest BCUT2D eigenvalue weighted by Crippen LogP contribution is 2.34. The van der Waals surface area contributed by atoms with Crippen molar-refractivity contribution in [2.75, 3.05) is 13.2 Å². The Balaban J connectivity index is 1.21. The molecule has 8 nitrogen and oxygen atoms in total. The molecule has 3 heterocycles. The molecule has 3 aliphatic rings. The molecule has 0 bridgehead atoms. The van der Waals surface area contributed by atoms with Crippen LogP contribution in [0.2, 0.25) is 0 Å². The third-order valence-corrected chi connectivity index (χ3v) is 6.75. The summed E-state index contributed by atoms with van der Waals surface area (Å²) < 4.78 is 13.9. The summed E-state index contributed by atoms with van der Waals surface area (Å²) in [5.74, 6) is 0.479. The van der Waals surface area contributed by atoms with E-state index in [0.717, 1.165) is 18.4 Å². The fourth-order valence-electron chi connectivity index (χ4n) is 5.09. The average Bonchev–Trinajstić information content (AvgIpc) is 3.52. The van der Waals surface area contributed by atoms with Crippen molar-refractivity contribution in [1.29, 1.82) is 0 Å². The summed E-state index contributed by atoms with van der Waals surface area (Å²) >= 11 is 0. The minimum Gasteiger partial charge on any atom is -0.371 e. The van der Waals surface area contributed by atoms with Crippen LogP contribution in [0.5, 0.6) is 0 Å². The normalized spacial score (nSPS) is 28.4. The summed E-state index contributed by atoms with van der Waals surface area (Å²) in [4.78, 5) is 23.6. The molecule has 8 heteroatoms. The van der Waals surface area contributed by atoms with Crippen LogP contribution in [0.1, 0.15) is 64.6 Å². The van der Waals surface area contributed by atoms with E-state index in [4.69, 9.17) is 9.47 Å². The number of carbonyl (C=O) groups excluding carboxylic acids is 2. The van der Waals surface area contributed by atoms with Gasteiger partial charge in [0.1, 0.15) is 24.5 Å². The molecule has 4 atom stereocenters. The number of hydrogen-bond acceptors (Lipinski definition) is 6. The fraction of sp³-hybridized carbons (Fsp3) is 0.565. The van der Waals surface area contributed by atoms with Crippen LogP contribution >= 0.6 is 0 Å². The second-order valence-electron chi connectivity index (χ2n) is 8.88. The lowest BCUT2D eigenvalue weighted by atomic mass is 9.86. The molecule has 0 radical (unpaired) electrons. The molecule has 1 saturated carbocycles. The van der Waals surface area contributed by atoms with E-state index in [1.54, 1.807) is 24.3 Å². The minimum absolute atomic E-state index is 0.0436. The molecule has 1 N–H and O–H groups in total. The quantitative estimate of drug-likeness (QED) is 0.716. The van der Waals surface area contributed by atoms with Crippen LogP contribution in [0, 0.1) is 5.92 Å². The first-order chi connectivity index (χ1) is 15.2. The largest absolute Gasteiger partial charge is 0.371 e. The van der Waals surface area contributed by atoms with Crippen LogP contribution in [-0.4, -0.2) is 58.7 Å². The lowest BCUT2D eigenvalue weighted by Gasteiger charge is -2.20. The number of carbonyl (C=O) groups is 2. The number of rotatable bonds is 6. The molecule has 164 valence electrons. The van der Waals surface area contributed by atoms with Gasteiger partial charge in [0.15, 0.2) is 0 Å². The molecule has 5 rings (SSSR count). The third-order valence-electron chi connectivity index (χ3n) is 6.75. The van der Waals surface area contributed by atoms with E-state index in [-0.39, 0.29) is 30.2 Å². The maximum Gasteiger partial charge on any atom is 0.251 e. The van der Waals surface area contributed by atoms with Gasteiger partial charge in [0.2, 0.25) is 0 Å². The van der Waals surface area contributed by atoms with Crippen LogP contribution in [0.25, 0.3) is 0 Å². The number of aldehydes is 1. The zero-order valence-electron chi connectivity index (χ0n) is 17.5. The van der Waals surface area contributed by atoms with E-state index < -0.39 is 0 Å². The maximum atomic E-state index is 12.6. The van der Waals surface area contributed by atoms with E-state index in [0.29, 0.717) is 30.3 Å². The van der Waals surface area contributed by atoms with Crippen LogP contribution in [-0.2, 0) is 15.9 Å². The molecule has 3 fully saturated rings. The van der Waals surface area contributed by atoms with Crippen LogP contribution < -0.4 is 5.32 Å². The van der Waals surface area contributed by atoms with Gasteiger partial charge in [-0.2, -0.15) is 0 Å². The fourth-order valence-corrected chi connectivity index (χ4v) is 5.09. The van der Waals surface area contributed by atoms with Crippen molar-refractivity contribution in [2.45, 2.75) is 62.8 Å². The first-order valence-electron chi connectivity index (χ1n) is 11.2. The van der Waals surface area contributed by atoms with Crippen molar-refractivity contribution in [2.24, 2.45) is 5.92 Å². The Labute approximate surface area is 181 Å². The van der Waals surface area contributed by atoms with Gasteiger partial charge in [-0.1, -0.05) is 49.5 Å². The Morgan fingerprint density at radius 1 is 1.16 bits per heavy atom. The summed E-state index contributed by atoms with van der Waals surface area (Å²) in [6, 6.07) is 6.35. The zero-order chi connectivity index (χ0) is 21.2. The van der Waals surface area contributed by atoms with E-state index in [2.05, 4.69) is 15.6 Å². The summed E-state index contributed by atoms with van der Waals surface area (Å²) in [7, 11) is 0. The molecule has 2 saturated heterocycles. The van der Waals surface area contributed by atoms with Gasteiger partial charge in [-0.3, -0.25) is 9.59 Å². The van der Waals surface area contributed by atoms with Crippen molar-refractivity contribution in [3.63, 3.8) is 0 Å². The van der Waals surface area contributed by atoms with Crippen molar-refractivity contribution in [3.05, 3.63) is 47.3 Å². The topological polar surface area (TPSA) is 95.3 Å². The number of aromatic nitrogens is 3. The third kappa shape index (κ3) is 4.27. The van der Waals surface area contributed by atoms with Crippen molar-refractivity contribution < 1.29 is 19.1 Å². The molecule has 2 aromatic rings. The van der Waals surface area contributed by atoms with Gasteiger partial charge in [0.25, 0.3) is 5.91 Å². The van der Waals surface area contributed by atoms with Gasteiger partial charge >= 0.3 is 0 Å². The van der Waals surface area contributed by atoms with Crippen molar-refractivity contribution in [3.8, 4) is 0 Å². The highest BCUT2D eigenvalue weighted by Gasteiger charge is 2.49. The van der Waals surface area contributed by atoms with Crippen LogP contribution in [0.4, 0.5) is 0 Å². The molecule has 1 aromatic carbocycles. The molecular weight excluding hydrogens is 396 g/mol. The van der Waals surface area contributed by atoms with Crippen molar-refractivity contribution in [1.82, 2.24) is 20.3 Å². The monoisotopic (exact) mass is 424 g/mol. The second kappa shape index (κ2) is 8.88. The predicted octanol–water partition coefficient (Wildman–Crippen LogP) is 2.35. The number of nitrogens with zero attached hydrogens (tertiary/aromatic N) is 3. The second-order valence-corrected chi connectivity index (χ2v) is 8.88. The zero-order valence-corrected chi connectivity index (χ0v) is 17.5. The Bertz CT molecular complexity index is 939. The smallest absolute Gasteiger partial charge is 0.251 e. The summed E-state index contributed by atoms with van der Waals surface area (Å²) in [5, 5.41) is 11.8. The Morgan fingerprint density at radius 3 is 2.84 bits per heavy atom. The average molecular weight is 425 g/mol.